The summed E-state index contributed by atoms with van der Waals surface area (Å²) >= 11 is 0. The van der Waals surface area contributed by atoms with Crippen molar-refractivity contribution in [3.05, 3.63) is 89.0 Å². The van der Waals surface area contributed by atoms with Gasteiger partial charge in [0.15, 0.2) is 0 Å². The third-order valence-corrected chi connectivity index (χ3v) is 6.86. The summed E-state index contributed by atoms with van der Waals surface area (Å²) in [6.07, 6.45) is 0. The van der Waals surface area contributed by atoms with Gasteiger partial charge in [-0.1, -0.05) is 12.1 Å². The lowest BCUT2D eigenvalue weighted by Gasteiger charge is -2.27. The van der Waals surface area contributed by atoms with Crippen LogP contribution in [0.25, 0.3) is 5.76 Å². The molecular formula is C31H34N2O5. The first-order valence-corrected chi connectivity index (χ1v) is 12.9. The van der Waals surface area contributed by atoms with Crippen molar-refractivity contribution in [1.82, 2.24) is 0 Å². The summed E-state index contributed by atoms with van der Waals surface area (Å²) in [5.74, 6) is -0.388. The van der Waals surface area contributed by atoms with Crippen molar-refractivity contribution in [1.29, 1.82) is 0 Å². The minimum Gasteiger partial charge on any atom is -0.507 e. The number of ketones is 1. The normalized spacial score (nSPS) is 16.6. The average Bonchev–Trinajstić information content (AvgIpc) is 3.20. The zero-order valence-corrected chi connectivity index (χ0v) is 22.5. The number of carbonyl (C=O) groups excluding carboxylic acids is 2. The van der Waals surface area contributed by atoms with Crippen molar-refractivity contribution in [3.8, 4) is 11.5 Å². The van der Waals surface area contributed by atoms with Gasteiger partial charge in [-0.2, -0.15) is 0 Å². The summed E-state index contributed by atoms with van der Waals surface area (Å²) in [5.41, 5.74) is 3.53. The number of Topliss-reactive ketones (excluding diaryl/α,β-unsaturated/α-hetero) is 1. The van der Waals surface area contributed by atoms with E-state index in [0.717, 1.165) is 24.3 Å². The number of rotatable bonds is 9. The molecule has 1 saturated heterocycles. The van der Waals surface area contributed by atoms with Gasteiger partial charge in [-0.25, -0.2) is 0 Å². The van der Waals surface area contributed by atoms with Gasteiger partial charge in [0.2, 0.25) is 0 Å². The predicted octanol–water partition coefficient (Wildman–Crippen LogP) is 5.87. The molecule has 7 heteroatoms. The summed E-state index contributed by atoms with van der Waals surface area (Å²) in [6.45, 7) is 10.2. The number of aryl methyl sites for hydroxylation is 1. The van der Waals surface area contributed by atoms with Crippen LogP contribution in [0.15, 0.2) is 72.3 Å². The van der Waals surface area contributed by atoms with E-state index < -0.39 is 17.7 Å². The molecule has 1 atom stereocenters. The third kappa shape index (κ3) is 4.96. The molecule has 3 aromatic rings. The highest BCUT2D eigenvalue weighted by molar-refractivity contribution is 6.51. The number of carbonyl (C=O) groups is 2. The minimum absolute atomic E-state index is 0.0274. The standard InChI is InChI=1S/C31H34N2O5/c1-6-32(7-2)23-13-15-24(16-14-23)33-28(21-10-9-11-25(19-21)37-5)27(30(35)31(33)36)29(34)22-12-17-26(38-8-3)20(4)18-22/h9-19,28,34H,6-8H2,1-5H3/b29-27-. The highest BCUT2D eigenvalue weighted by Gasteiger charge is 2.47. The number of benzene rings is 3. The van der Waals surface area contributed by atoms with Gasteiger partial charge in [0.1, 0.15) is 17.3 Å². The number of ether oxygens (including phenoxy) is 2. The van der Waals surface area contributed by atoms with Crippen LogP contribution in [0, 0.1) is 6.92 Å². The van der Waals surface area contributed by atoms with Crippen LogP contribution in [-0.2, 0) is 9.59 Å². The van der Waals surface area contributed by atoms with Crippen molar-refractivity contribution in [3.63, 3.8) is 0 Å². The molecule has 1 unspecified atom stereocenters. The first-order valence-electron chi connectivity index (χ1n) is 12.9. The van der Waals surface area contributed by atoms with Crippen LogP contribution in [-0.4, -0.2) is 43.6 Å². The Morgan fingerprint density at radius 3 is 2.29 bits per heavy atom. The summed E-state index contributed by atoms with van der Waals surface area (Å²) in [5, 5.41) is 11.5. The lowest BCUT2D eigenvalue weighted by atomic mass is 9.94. The maximum atomic E-state index is 13.5. The largest absolute Gasteiger partial charge is 0.507 e. The van der Waals surface area contributed by atoms with Gasteiger partial charge in [0, 0.05) is 30.0 Å². The Hall–Kier alpha value is -4.26. The number of hydrogen-bond donors (Lipinski definition) is 1. The molecule has 1 N–H and O–H groups in total. The third-order valence-electron chi connectivity index (χ3n) is 6.86. The van der Waals surface area contributed by atoms with Crippen LogP contribution < -0.4 is 19.3 Å². The fourth-order valence-electron chi connectivity index (χ4n) is 4.91. The molecule has 1 aliphatic rings. The molecule has 0 bridgehead atoms. The highest BCUT2D eigenvalue weighted by atomic mass is 16.5. The van der Waals surface area contributed by atoms with Crippen molar-refractivity contribution in [2.45, 2.75) is 33.7 Å². The molecule has 4 rings (SSSR count). The number of aliphatic hydroxyl groups is 1. The van der Waals surface area contributed by atoms with E-state index in [1.807, 2.05) is 44.2 Å². The quantitative estimate of drug-likeness (QED) is 0.218. The molecule has 0 spiro atoms. The van der Waals surface area contributed by atoms with Gasteiger partial charge >= 0.3 is 0 Å². The molecule has 3 aromatic carbocycles. The van der Waals surface area contributed by atoms with E-state index >= 15 is 0 Å². The molecule has 1 heterocycles. The lowest BCUT2D eigenvalue weighted by Crippen LogP contribution is -2.29. The van der Waals surface area contributed by atoms with Crippen molar-refractivity contribution in [2.24, 2.45) is 0 Å². The molecule has 1 amide bonds. The zero-order chi connectivity index (χ0) is 27.4. The van der Waals surface area contributed by atoms with Crippen molar-refractivity contribution in [2.75, 3.05) is 36.6 Å². The minimum atomic E-state index is -0.837. The van der Waals surface area contributed by atoms with Gasteiger partial charge in [0.05, 0.1) is 25.3 Å². The first kappa shape index (κ1) is 26.8. The molecule has 198 valence electrons. The van der Waals surface area contributed by atoms with Gasteiger partial charge in [-0.3, -0.25) is 14.5 Å². The number of nitrogens with zero attached hydrogens (tertiary/aromatic N) is 2. The Morgan fingerprint density at radius 1 is 0.974 bits per heavy atom. The molecule has 38 heavy (non-hydrogen) atoms. The first-order chi connectivity index (χ1) is 18.3. The Bertz CT molecular complexity index is 1360. The van der Waals surface area contributed by atoms with Crippen molar-refractivity contribution >= 4 is 28.8 Å². The van der Waals surface area contributed by atoms with Gasteiger partial charge < -0.3 is 19.5 Å². The molecule has 1 fully saturated rings. The number of hydrogen-bond acceptors (Lipinski definition) is 6. The molecular weight excluding hydrogens is 480 g/mol. The topological polar surface area (TPSA) is 79.3 Å². The Labute approximate surface area is 223 Å². The van der Waals surface area contributed by atoms with Crippen LogP contribution in [0.4, 0.5) is 11.4 Å². The van der Waals surface area contributed by atoms with E-state index in [-0.39, 0.29) is 11.3 Å². The van der Waals surface area contributed by atoms with Crippen LogP contribution in [0.5, 0.6) is 11.5 Å². The second-order valence-electron chi connectivity index (χ2n) is 9.05. The molecule has 1 aliphatic heterocycles. The van der Waals surface area contributed by atoms with Crippen LogP contribution in [0.1, 0.15) is 43.5 Å². The summed E-state index contributed by atoms with van der Waals surface area (Å²) in [4.78, 5) is 30.6. The highest BCUT2D eigenvalue weighted by Crippen LogP contribution is 2.43. The number of methoxy groups -OCH3 is 1. The fourth-order valence-corrected chi connectivity index (χ4v) is 4.91. The SMILES string of the molecule is CCOc1ccc(/C(O)=C2/C(=O)C(=O)N(c3ccc(N(CC)CC)cc3)C2c2cccc(OC)c2)cc1C. The average molecular weight is 515 g/mol. The fraction of sp³-hybridized carbons (Fsp3) is 0.290. The number of amides is 1. The zero-order valence-electron chi connectivity index (χ0n) is 22.5. The lowest BCUT2D eigenvalue weighted by molar-refractivity contribution is -0.132. The molecule has 0 aromatic heterocycles. The molecule has 0 aliphatic carbocycles. The van der Waals surface area contributed by atoms with Crippen molar-refractivity contribution < 1.29 is 24.2 Å². The number of anilines is 2. The monoisotopic (exact) mass is 514 g/mol. The summed E-state index contributed by atoms with van der Waals surface area (Å²) in [6, 6.07) is 19.2. The van der Waals surface area contributed by atoms with E-state index in [2.05, 4.69) is 18.7 Å². The van der Waals surface area contributed by atoms with Gasteiger partial charge in [-0.05, 0) is 93.4 Å². The summed E-state index contributed by atoms with van der Waals surface area (Å²) < 4.78 is 11.0. The maximum absolute atomic E-state index is 13.5. The van der Waals surface area contributed by atoms with E-state index in [1.165, 1.54) is 4.90 Å². The van der Waals surface area contributed by atoms with E-state index in [9.17, 15) is 14.7 Å². The Kier molecular flexibility index (Phi) is 8.05. The maximum Gasteiger partial charge on any atom is 0.300 e. The second kappa shape index (κ2) is 11.4. The smallest absolute Gasteiger partial charge is 0.300 e. The summed E-state index contributed by atoms with van der Waals surface area (Å²) in [7, 11) is 1.56. The van der Waals surface area contributed by atoms with E-state index in [0.29, 0.717) is 34.9 Å². The van der Waals surface area contributed by atoms with Crippen LogP contribution in [0.3, 0.4) is 0 Å². The van der Waals surface area contributed by atoms with E-state index in [4.69, 9.17) is 9.47 Å². The second-order valence-corrected chi connectivity index (χ2v) is 9.05. The predicted molar refractivity (Wildman–Crippen MR) is 150 cm³/mol. The van der Waals surface area contributed by atoms with Gasteiger partial charge in [0.25, 0.3) is 11.7 Å². The van der Waals surface area contributed by atoms with E-state index in [1.54, 1.807) is 43.5 Å². The van der Waals surface area contributed by atoms with Crippen LogP contribution >= 0.6 is 0 Å². The van der Waals surface area contributed by atoms with Crippen LogP contribution in [0.2, 0.25) is 0 Å². The Morgan fingerprint density at radius 2 is 1.68 bits per heavy atom. The number of aliphatic hydroxyl groups excluding tert-OH is 1. The molecule has 7 nitrogen and oxygen atoms in total. The molecule has 0 radical (unpaired) electrons. The molecule has 0 saturated carbocycles. The Balaban J connectivity index is 1.87. The van der Waals surface area contributed by atoms with Gasteiger partial charge in [-0.15, -0.1) is 0 Å².